The molecule has 0 bridgehead atoms. The van der Waals surface area contributed by atoms with Crippen LogP contribution in [-0.2, 0) is 20.9 Å². The fraction of sp³-hybridized carbons (Fsp3) is 0.280. The summed E-state index contributed by atoms with van der Waals surface area (Å²) in [5, 5.41) is 5.20. The molecule has 2 aromatic rings. The van der Waals surface area contributed by atoms with Crippen LogP contribution < -0.4 is 10.6 Å². The molecular formula is C25H26N4O5. The van der Waals surface area contributed by atoms with E-state index in [0.29, 0.717) is 5.56 Å². The Bertz CT molecular complexity index is 1130. The van der Waals surface area contributed by atoms with Gasteiger partial charge >= 0.3 is 18.0 Å². The van der Waals surface area contributed by atoms with E-state index in [1.54, 1.807) is 26.0 Å². The third-order valence-electron chi connectivity index (χ3n) is 5.78. The molecule has 0 saturated carbocycles. The van der Waals surface area contributed by atoms with Gasteiger partial charge in [0.25, 0.3) is 5.91 Å². The van der Waals surface area contributed by atoms with Crippen molar-refractivity contribution in [1.29, 1.82) is 0 Å². The number of hydrogen-bond acceptors (Lipinski definition) is 5. The summed E-state index contributed by atoms with van der Waals surface area (Å²) in [5.41, 5.74) is 1.91. The molecule has 34 heavy (non-hydrogen) atoms. The maximum absolute atomic E-state index is 13.6. The SMILES string of the molecule is CCOC(=O)C1=C(CN2C(=O)C(c3ccccc3)N(Cc3ccccc3)C2=O)NC(=O)NC1C. The predicted molar refractivity (Wildman–Crippen MR) is 123 cm³/mol. The van der Waals surface area contributed by atoms with Gasteiger partial charge in [-0.3, -0.25) is 9.69 Å². The minimum atomic E-state index is -0.824. The Morgan fingerprint density at radius 2 is 1.62 bits per heavy atom. The lowest BCUT2D eigenvalue weighted by Crippen LogP contribution is -2.51. The van der Waals surface area contributed by atoms with E-state index in [4.69, 9.17) is 4.74 Å². The Labute approximate surface area is 197 Å². The quantitative estimate of drug-likeness (QED) is 0.486. The van der Waals surface area contributed by atoms with Crippen LogP contribution in [0.2, 0.25) is 0 Å². The van der Waals surface area contributed by atoms with Gasteiger partial charge < -0.3 is 20.3 Å². The van der Waals surface area contributed by atoms with Gasteiger partial charge in [0.05, 0.1) is 30.5 Å². The first-order valence-corrected chi connectivity index (χ1v) is 11.1. The standard InChI is InChI=1S/C25H26N4O5/c1-3-34-23(31)20-16(2)26-24(32)27-19(20)15-29-22(30)21(18-12-8-5-9-13-18)28(25(29)33)14-17-10-6-4-7-11-17/h4-13,16,21H,3,14-15H2,1-2H3,(H2,26,27,32). The van der Waals surface area contributed by atoms with E-state index in [1.807, 2.05) is 48.5 Å². The Hall–Kier alpha value is -4.14. The van der Waals surface area contributed by atoms with Crippen LogP contribution in [0.5, 0.6) is 0 Å². The van der Waals surface area contributed by atoms with Crippen molar-refractivity contribution in [2.45, 2.75) is 32.5 Å². The van der Waals surface area contributed by atoms with E-state index in [1.165, 1.54) is 4.90 Å². The van der Waals surface area contributed by atoms with E-state index in [0.717, 1.165) is 10.5 Å². The van der Waals surface area contributed by atoms with Crippen molar-refractivity contribution < 1.29 is 23.9 Å². The number of hydrogen-bond donors (Lipinski definition) is 2. The lowest BCUT2D eigenvalue weighted by Gasteiger charge is -2.28. The van der Waals surface area contributed by atoms with Crippen LogP contribution in [0.4, 0.5) is 9.59 Å². The zero-order valence-electron chi connectivity index (χ0n) is 19.0. The van der Waals surface area contributed by atoms with Gasteiger partial charge in [0.15, 0.2) is 0 Å². The molecule has 1 fully saturated rings. The van der Waals surface area contributed by atoms with Crippen molar-refractivity contribution in [1.82, 2.24) is 20.4 Å². The van der Waals surface area contributed by atoms with E-state index < -0.39 is 36.0 Å². The molecular weight excluding hydrogens is 436 g/mol. The number of imide groups is 1. The fourth-order valence-electron chi connectivity index (χ4n) is 4.25. The Morgan fingerprint density at radius 1 is 0.971 bits per heavy atom. The topological polar surface area (TPSA) is 108 Å². The largest absolute Gasteiger partial charge is 0.463 e. The van der Waals surface area contributed by atoms with E-state index in [9.17, 15) is 19.2 Å². The number of ether oxygens (including phenoxy) is 1. The van der Waals surface area contributed by atoms with Crippen LogP contribution in [0.3, 0.4) is 0 Å². The average Bonchev–Trinajstić information content (AvgIpc) is 3.04. The van der Waals surface area contributed by atoms with Crippen molar-refractivity contribution in [2.24, 2.45) is 0 Å². The van der Waals surface area contributed by atoms with E-state index >= 15 is 0 Å². The molecule has 5 amide bonds. The monoisotopic (exact) mass is 462 g/mol. The number of rotatable bonds is 7. The molecule has 0 aliphatic carbocycles. The molecule has 9 nitrogen and oxygen atoms in total. The summed E-state index contributed by atoms with van der Waals surface area (Å²) in [7, 11) is 0. The normalized spacial score (nSPS) is 20.4. The second kappa shape index (κ2) is 9.78. The highest BCUT2D eigenvalue weighted by Crippen LogP contribution is 2.33. The molecule has 2 heterocycles. The fourth-order valence-corrected chi connectivity index (χ4v) is 4.25. The summed E-state index contributed by atoms with van der Waals surface area (Å²) in [6.07, 6.45) is 0. The first-order valence-electron chi connectivity index (χ1n) is 11.1. The molecule has 2 unspecified atom stereocenters. The third-order valence-corrected chi connectivity index (χ3v) is 5.78. The smallest absolute Gasteiger partial charge is 0.337 e. The molecule has 0 spiro atoms. The summed E-state index contributed by atoms with van der Waals surface area (Å²) in [6.45, 7) is 3.46. The van der Waals surface area contributed by atoms with E-state index in [-0.39, 0.29) is 31.0 Å². The maximum atomic E-state index is 13.6. The van der Waals surface area contributed by atoms with Gasteiger partial charge in [-0.1, -0.05) is 60.7 Å². The first-order chi connectivity index (χ1) is 16.4. The van der Waals surface area contributed by atoms with Crippen LogP contribution >= 0.6 is 0 Å². The van der Waals surface area contributed by atoms with E-state index in [2.05, 4.69) is 10.6 Å². The second-order valence-corrected chi connectivity index (χ2v) is 8.07. The molecule has 0 aromatic heterocycles. The minimum Gasteiger partial charge on any atom is -0.463 e. The number of carbonyl (C=O) groups excluding carboxylic acids is 4. The van der Waals surface area contributed by atoms with Gasteiger partial charge in [-0.15, -0.1) is 0 Å². The maximum Gasteiger partial charge on any atom is 0.337 e. The van der Waals surface area contributed by atoms with Crippen molar-refractivity contribution in [3.05, 3.63) is 83.1 Å². The second-order valence-electron chi connectivity index (χ2n) is 8.07. The Balaban J connectivity index is 1.70. The Kier molecular flexibility index (Phi) is 6.62. The molecule has 1 saturated heterocycles. The number of carbonyl (C=O) groups is 4. The molecule has 2 aliphatic rings. The van der Waals surface area contributed by atoms with Crippen molar-refractivity contribution in [3.63, 3.8) is 0 Å². The summed E-state index contributed by atoms with van der Waals surface area (Å²) in [6, 6.07) is 16.0. The minimum absolute atomic E-state index is 0.152. The zero-order valence-corrected chi connectivity index (χ0v) is 19.0. The molecule has 4 rings (SSSR count). The summed E-state index contributed by atoms with van der Waals surface area (Å²) in [4.78, 5) is 54.4. The first kappa shape index (κ1) is 23.0. The molecule has 2 N–H and O–H groups in total. The number of esters is 1. The number of benzene rings is 2. The predicted octanol–water partition coefficient (Wildman–Crippen LogP) is 2.71. The number of urea groups is 2. The number of nitrogens with one attached hydrogen (secondary N) is 2. The Morgan fingerprint density at radius 3 is 2.26 bits per heavy atom. The number of nitrogens with zero attached hydrogens (tertiary/aromatic N) is 2. The van der Waals surface area contributed by atoms with Crippen LogP contribution in [0.15, 0.2) is 71.9 Å². The van der Waals surface area contributed by atoms with Gasteiger partial charge in [-0.25, -0.2) is 14.4 Å². The molecule has 2 aliphatic heterocycles. The van der Waals surface area contributed by atoms with Crippen LogP contribution in [-0.4, -0.2) is 52.9 Å². The van der Waals surface area contributed by atoms with Gasteiger partial charge in [0.2, 0.25) is 0 Å². The highest BCUT2D eigenvalue weighted by Gasteiger charge is 2.47. The highest BCUT2D eigenvalue weighted by molar-refractivity contribution is 6.05. The summed E-state index contributed by atoms with van der Waals surface area (Å²) in [5.74, 6) is -1.04. The van der Waals surface area contributed by atoms with Crippen molar-refractivity contribution in [2.75, 3.05) is 13.2 Å². The number of amides is 5. The molecule has 9 heteroatoms. The van der Waals surface area contributed by atoms with Crippen LogP contribution in [0.1, 0.15) is 31.0 Å². The molecule has 2 atom stereocenters. The van der Waals surface area contributed by atoms with Crippen molar-refractivity contribution >= 4 is 23.9 Å². The lowest BCUT2D eigenvalue weighted by molar-refractivity contribution is -0.139. The van der Waals surface area contributed by atoms with Gasteiger partial charge in [-0.05, 0) is 25.0 Å². The highest BCUT2D eigenvalue weighted by atomic mass is 16.5. The molecule has 2 aromatic carbocycles. The third kappa shape index (κ3) is 4.50. The van der Waals surface area contributed by atoms with Gasteiger partial charge in [0.1, 0.15) is 6.04 Å². The molecule has 0 radical (unpaired) electrons. The van der Waals surface area contributed by atoms with Crippen molar-refractivity contribution in [3.8, 4) is 0 Å². The molecule has 176 valence electrons. The zero-order chi connectivity index (χ0) is 24.2. The van der Waals surface area contributed by atoms with Crippen LogP contribution in [0.25, 0.3) is 0 Å². The van der Waals surface area contributed by atoms with Crippen LogP contribution in [0, 0.1) is 0 Å². The van der Waals surface area contributed by atoms with Gasteiger partial charge in [-0.2, -0.15) is 0 Å². The summed E-state index contributed by atoms with van der Waals surface area (Å²) >= 11 is 0. The lowest BCUT2D eigenvalue weighted by atomic mass is 10.0. The van der Waals surface area contributed by atoms with Gasteiger partial charge in [0, 0.05) is 6.54 Å². The summed E-state index contributed by atoms with van der Waals surface area (Å²) < 4.78 is 5.14. The average molecular weight is 463 g/mol.